The van der Waals surface area contributed by atoms with Crippen LogP contribution in [0.3, 0.4) is 0 Å². The third-order valence-corrected chi connectivity index (χ3v) is 4.16. The molecule has 0 aliphatic rings. The Morgan fingerprint density at radius 1 is 1.13 bits per heavy atom. The standard InChI is InChI=1S/C18H32NO3P/c1-3-4-5-6-7-14-21-17-10-8-16(9-11-17)12-13-18(2,19)15-22-23-20/h8-11,20,23H,3-7,12-15,19H2,1-2H3. The summed E-state index contributed by atoms with van der Waals surface area (Å²) in [6, 6.07) is 8.25. The van der Waals surface area contributed by atoms with Crippen LogP contribution in [0.2, 0.25) is 0 Å². The van der Waals surface area contributed by atoms with E-state index in [4.69, 9.17) is 19.9 Å². The number of benzene rings is 1. The van der Waals surface area contributed by atoms with E-state index in [0.29, 0.717) is 6.61 Å². The molecular weight excluding hydrogens is 309 g/mol. The smallest absolute Gasteiger partial charge is 0.152 e. The molecule has 0 heterocycles. The molecule has 0 saturated carbocycles. The van der Waals surface area contributed by atoms with Crippen LogP contribution in [-0.4, -0.2) is 23.6 Å². The van der Waals surface area contributed by atoms with Gasteiger partial charge < -0.3 is 19.9 Å². The monoisotopic (exact) mass is 341 g/mol. The molecule has 0 aliphatic carbocycles. The Morgan fingerprint density at radius 3 is 2.48 bits per heavy atom. The fourth-order valence-corrected chi connectivity index (χ4v) is 2.74. The van der Waals surface area contributed by atoms with Gasteiger partial charge in [0.05, 0.1) is 13.2 Å². The van der Waals surface area contributed by atoms with Crippen molar-refractivity contribution in [3.8, 4) is 5.75 Å². The molecule has 1 aromatic rings. The second-order valence-electron chi connectivity index (χ2n) is 6.44. The van der Waals surface area contributed by atoms with Gasteiger partial charge in [0, 0.05) is 5.54 Å². The first kappa shape index (κ1) is 20.4. The number of hydrogen-bond acceptors (Lipinski definition) is 4. The summed E-state index contributed by atoms with van der Waals surface area (Å²) in [6.45, 7) is 5.35. The van der Waals surface area contributed by atoms with Crippen molar-refractivity contribution in [1.29, 1.82) is 0 Å². The van der Waals surface area contributed by atoms with Crippen LogP contribution in [0.4, 0.5) is 0 Å². The molecule has 0 aliphatic heterocycles. The van der Waals surface area contributed by atoms with Crippen LogP contribution in [0.5, 0.6) is 5.75 Å². The van der Waals surface area contributed by atoms with Crippen molar-refractivity contribution < 1.29 is 14.2 Å². The van der Waals surface area contributed by atoms with Gasteiger partial charge in [0.1, 0.15) is 5.75 Å². The summed E-state index contributed by atoms with van der Waals surface area (Å²) in [6.07, 6.45) is 7.97. The normalized spacial score (nSPS) is 14.3. The van der Waals surface area contributed by atoms with Gasteiger partial charge in [-0.1, -0.05) is 44.7 Å². The van der Waals surface area contributed by atoms with Crippen molar-refractivity contribution in [2.45, 2.75) is 64.3 Å². The van der Waals surface area contributed by atoms with Gasteiger partial charge in [0.2, 0.25) is 0 Å². The van der Waals surface area contributed by atoms with E-state index in [9.17, 15) is 0 Å². The fraction of sp³-hybridized carbons (Fsp3) is 0.667. The predicted molar refractivity (Wildman–Crippen MR) is 98.1 cm³/mol. The van der Waals surface area contributed by atoms with Crippen LogP contribution in [0.1, 0.15) is 57.9 Å². The second kappa shape index (κ2) is 11.8. The molecule has 0 saturated heterocycles. The number of aryl methyl sites for hydroxylation is 1. The molecule has 0 aromatic heterocycles. The zero-order valence-electron chi connectivity index (χ0n) is 14.5. The van der Waals surface area contributed by atoms with E-state index < -0.39 is 14.6 Å². The van der Waals surface area contributed by atoms with Crippen molar-refractivity contribution in [3.05, 3.63) is 29.8 Å². The van der Waals surface area contributed by atoms with Crippen LogP contribution in [0.15, 0.2) is 24.3 Å². The fourth-order valence-electron chi connectivity index (χ4n) is 2.35. The summed E-state index contributed by atoms with van der Waals surface area (Å²) < 4.78 is 10.8. The Kier molecular flexibility index (Phi) is 10.5. The van der Waals surface area contributed by atoms with Gasteiger partial charge in [-0.25, -0.2) is 0 Å². The second-order valence-corrected chi connectivity index (χ2v) is 6.91. The summed E-state index contributed by atoms with van der Waals surface area (Å²) in [5.41, 5.74) is 6.97. The minimum Gasteiger partial charge on any atom is -0.494 e. The van der Waals surface area contributed by atoms with Crippen molar-refractivity contribution in [2.24, 2.45) is 5.73 Å². The van der Waals surface area contributed by atoms with Crippen molar-refractivity contribution in [1.82, 2.24) is 0 Å². The number of hydrogen-bond donors (Lipinski definition) is 2. The van der Waals surface area contributed by atoms with Crippen molar-refractivity contribution >= 4 is 9.03 Å². The molecule has 2 atom stereocenters. The van der Waals surface area contributed by atoms with Gasteiger partial charge in [-0.05, 0) is 43.9 Å². The van der Waals surface area contributed by atoms with E-state index in [2.05, 4.69) is 19.1 Å². The Bertz CT molecular complexity index is 409. The number of rotatable bonds is 13. The minimum atomic E-state index is -0.497. The van der Waals surface area contributed by atoms with E-state index in [-0.39, 0.29) is 0 Å². The van der Waals surface area contributed by atoms with Gasteiger partial charge in [-0.3, -0.25) is 0 Å². The van der Waals surface area contributed by atoms with E-state index in [0.717, 1.165) is 31.6 Å². The van der Waals surface area contributed by atoms with Crippen LogP contribution < -0.4 is 10.5 Å². The summed E-state index contributed by atoms with van der Waals surface area (Å²) in [7, 11) is -0.497. The molecule has 132 valence electrons. The first-order valence-electron chi connectivity index (χ1n) is 8.59. The van der Waals surface area contributed by atoms with E-state index >= 15 is 0 Å². The highest BCUT2D eigenvalue weighted by atomic mass is 31.1. The third-order valence-electron chi connectivity index (χ3n) is 3.89. The Labute approximate surface area is 142 Å². The molecule has 0 fully saturated rings. The van der Waals surface area contributed by atoms with Crippen molar-refractivity contribution in [3.63, 3.8) is 0 Å². The third kappa shape index (κ3) is 9.93. The minimum absolute atomic E-state index is 0.376. The summed E-state index contributed by atoms with van der Waals surface area (Å²) in [4.78, 5) is 8.71. The summed E-state index contributed by atoms with van der Waals surface area (Å²) in [5, 5.41) is 0. The lowest BCUT2D eigenvalue weighted by molar-refractivity contribution is 0.230. The highest BCUT2D eigenvalue weighted by Crippen LogP contribution is 2.18. The molecule has 0 spiro atoms. The first-order valence-corrected chi connectivity index (χ1v) is 9.44. The van der Waals surface area contributed by atoms with Crippen LogP contribution >= 0.6 is 9.03 Å². The molecule has 3 N–H and O–H groups in total. The SMILES string of the molecule is CCCCCCCOc1ccc(CCC(C)(N)COPO)cc1. The molecule has 0 amide bonds. The topological polar surface area (TPSA) is 64.7 Å². The average Bonchev–Trinajstić information content (AvgIpc) is 2.55. The van der Waals surface area contributed by atoms with Gasteiger partial charge in [0.15, 0.2) is 9.03 Å². The molecule has 0 radical (unpaired) electrons. The van der Waals surface area contributed by atoms with Crippen molar-refractivity contribution in [2.75, 3.05) is 13.2 Å². The largest absolute Gasteiger partial charge is 0.494 e. The molecule has 5 heteroatoms. The number of unbranched alkanes of at least 4 members (excludes halogenated alkanes) is 4. The Hall–Kier alpha value is -0.670. The lowest BCUT2D eigenvalue weighted by atomic mass is 9.95. The zero-order chi connectivity index (χ0) is 17.0. The Balaban J connectivity index is 2.25. The van der Waals surface area contributed by atoms with E-state index in [1.807, 2.05) is 19.1 Å². The van der Waals surface area contributed by atoms with E-state index in [1.54, 1.807) is 0 Å². The van der Waals surface area contributed by atoms with E-state index in [1.165, 1.54) is 31.2 Å². The lowest BCUT2D eigenvalue weighted by Crippen LogP contribution is -2.40. The quantitative estimate of drug-likeness (QED) is 0.417. The predicted octanol–water partition coefficient (Wildman–Crippen LogP) is 4.20. The number of nitrogens with two attached hydrogens (primary N) is 1. The molecule has 0 bridgehead atoms. The highest BCUT2D eigenvalue weighted by molar-refractivity contribution is 7.24. The maximum absolute atomic E-state index is 8.71. The lowest BCUT2D eigenvalue weighted by Gasteiger charge is -2.23. The first-order chi connectivity index (χ1) is 11.1. The average molecular weight is 341 g/mol. The summed E-state index contributed by atoms with van der Waals surface area (Å²) in [5.74, 6) is 0.935. The molecule has 2 unspecified atom stereocenters. The molecule has 4 nitrogen and oxygen atoms in total. The van der Waals surface area contributed by atoms with Crippen LogP contribution in [-0.2, 0) is 10.9 Å². The zero-order valence-corrected chi connectivity index (χ0v) is 15.5. The Morgan fingerprint density at radius 2 is 1.83 bits per heavy atom. The molecule has 1 aromatic carbocycles. The van der Waals surface area contributed by atoms with Gasteiger partial charge in [0.25, 0.3) is 0 Å². The molecule has 1 rings (SSSR count). The molecule has 23 heavy (non-hydrogen) atoms. The molecular formula is C18H32NO3P. The maximum Gasteiger partial charge on any atom is 0.152 e. The number of ether oxygens (including phenoxy) is 1. The van der Waals surface area contributed by atoms with Gasteiger partial charge in [-0.2, -0.15) is 0 Å². The highest BCUT2D eigenvalue weighted by Gasteiger charge is 2.18. The van der Waals surface area contributed by atoms with Gasteiger partial charge >= 0.3 is 0 Å². The maximum atomic E-state index is 8.71. The van der Waals surface area contributed by atoms with Gasteiger partial charge in [-0.15, -0.1) is 0 Å². The van der Waals surface area contributed by atoms with Crippen LogP contribution in [0, 0.1) is 0 Å². The summed E-state index contributed by atoms with van der Waals surface area (Å²) >= 11 is 0. The van der Waals surface area contributed by atoms with Crippen LogP contribution in [0.25, 0.3) is 0 Å².